The van der Waals surface area contributed by atoms with Gasteiger partial charge in [-0.25, -0.2) is 4.98 Å². The van der Waals surface area contributed by atoms with E-state index in [1.807, 2.05) is 31.2 Å². The van der Waals surface area contributed by atoms with Gasteiger partial charge in [-0.2, -0.15) is 0 Å². The Morgan fingerprint density at radius 2 is 2.25 bits per heavy atom. The van der Waals surface area contributed by atoms with Gasteiger partial charge in [-0.3, -0.25) is 4.79 Å². The van der Waals surface area contributed by atoms with Crippen LogP contribution in [0.5, 0.6) is 0 Å². The fraction of sp³-hybridized carbons (Fsp3) is 0.286. The van der Waals surface area contributed by atoms with Gasteiger partial charge in [0.05, 0.1) is 6.04 Å². The number of nitrogens with two attached hydrogens (primary N) is 1. The molecule has 2 rings (SSSR count). The third-order valence-electron chi connectivity index (χ3n) is 2.91. The van der Waals surface area contributed by atoms with E-state index in [0.29, 0.717) is 18.9 Å². The summed E-state index contributed by atoms with van der Waals surface area (Å²) in [7, 11) is 0. The van der Waals surface area contributed by atoms with E-state index in [1.54, 1.807) is 0 Å². The highest BCUT2D eigenvalue weighted by atomic mass is 79.9. The molecule has 1 aromatic heterocycles. The Morgan fingerprint density at radius 3 is 2.95 bits per heavy atom. The van der Waals surface area contributed by atoms with Gasteiger partial charge in [0, 0.05) is 11.0 Å². The van der Waals surface area contributed by atoms with E-state index in [0.717, 1.165) is 10.0 Å². The Labute approximate surface area is 125 Å². The molecule has 20 heavy (non-hydrogen) atoms. The zero-order valence-electron chi connectivity index (χ0n) is 11.1. The maximum absolute atomic E-state index is 12.0. The maximum atomic E-state index is 12.0. The number of aromatic nitrogens is 1. The van der Waals surface area contributed by atoms with E-state index in [9.17, 15) is 4.79 Å². The lowest BCUT2D eigenvalue weighted by Crippen LogP contribution is -2.23. The second-order valence-corrected chi connectivity index (χ2v) is 5.21. The van der Waals surface area contributed by atoms with Crippen molar-refractivity contribution in [3.05, 3.63) is 52.1 Å². The van der Waals surface area contributed by atoms with Crippen molar-refractivity contribution in [2.45, 2.75) is 25.9 Å². The summed E-state index contributed by atoms with van der Waals surface area (Å²) >= 11 is 3.43. The van der Waals surface area contributed by atoms with Crippen LogP contribution in [-0.4, -0.2) is 10.9 Å². The molecule has 1 atom stereocenters. The molecule has 5 nitrogen and oxygen atoms in total. The van der Waals surface area contributed by atoms with Crippen molar-refractivity contribution in [2.75, 3.05) is 0 Å². The van der Waals surface area contributed by atoms with E-state index in [4.69, 9.17) is 10.2 Å². The number of hydrogen-bond donors (Lipinski definition) is 2. The number of carbonyl (C=O) groups excluding carboxylic acids is 1. The molecule has 0 radical (unpaired) electrons. The number of nitrogens with one attached hydrogen (secondary N) is 1. The number of amides is 1. The first-order valence-electron chi connectivity index (χ1n) is 6.34. The van der Waals surface area contributed by atoms with Gasteiger partial charge >= 0.3 is 0 Å². The summed E-state index contributed by atoms with van der Waals surface area (Å²) in [6.45, 7) is 2.35. The molecule has 1 aromatic carbocycles. The van der Waals surface area contributed by atoms with Crippen LogP contribution >= 0.6 is 15.9 Å². The Bertz CT molecular complexity index is 598. The first kappa shape index (κ1) is 14.7. The average Bonchev–Trinajstić information content (AvgIpc) is 2.95. The van der Waals surface area contributed by atoms with Crippen LogP contribution in [0.15, 0.2) is 39.4 Å². The van der Waals surface area contributed by atoms with Crippen LogP contribution in [0.3, 0.4) is 0 Å². The van der Waals surface area contributed by atoms with Crippen LogP contribution < -0.4 is 11.1 Å². The number of carbonyl (C=O) groups is 1. The Kier molecular flexibility index (Phi) is 4.92. The van der Waals surface area contributed by atoms with Gasteiger partial charge in [-0.1, -0.05) is 41.1 Å². The van der Waals surface area contributed by atoms with Gasteiger partial charge in [0.15, 0.2) is 5.69 Å². The third kappa shape index (κ3) is 3.46. The summed E-state index contributed by atoms with van der Waals surface area (Å²) < 4.78 is 6.16. The SMILES string of the molecule is CCC(N)c1nc(C(=O)NCc2ccccc2Br)co1. The van der Waals surface area contributed by atoms with E-state index in [1.165, 1.54) is 6.26 Å². The monoisotopic (exact) mass is 337 g/mol. The molecular formula is C14H16BrN3O2. The largest absolute Gasteiger partial charge is 0.446 e. The Hall–Kier alpha value is -1.66. The number of hydrogen-bond acceptors (Lipinski definition) is 4. The number of oxazole rings is 1. The summed E-state index contributed by atoms with van der Waals surface area (Å²) in [4.78, 5) is 16.1. The van der Waals surface area contributed by atoms with Crippen LogP contribution in [0.25, 0.3) is 0 Å². The molecule has 1 heterocycles. The molecule has 0 fully saturated rings. The summed E-state index contributed by atoms with van der Waals surface area (Å²) in [6, 6.07) is 7.42. The van der Waals surface area contributed by atoms with Crippen molar-refractivity contribution in [3.63, 3.8) is 0 Å². The second-order valence-electron chi connectivity index (χ2n) is 4.36. The molecule has 106 valence electrons. The number of benzene rings is 1. The number of nitrogens with zero attached hydrogens (tertiary/aromatic N) is 1. The summed E-state index contributed by atoms with van der Waals surface area (Å²) in [5, 5.41) is 2.79. The maximum Gasteiger partial charge on any atom is 0.273 e. The molecular weight excluding hydrogens is 322 g/mol. The molecule has 3 N–H and O–H groups in total. The molecule has 6 heteroatoms. The normalized spacial score (nSPS) is 12.2. The highest BCUT2D eigenvalue weighted by Crippen LogP contribution is 2.16. The zero-order valence-corrected chi connectivity index (χ0v) is 12.7. The molecule has 0 aliphatic rings. The molecule has 0 aliphatic carbocycles. The van der Waals surface area contributed by atoms with Gasteiger partial charge in [0.25, 0.3) is 5.91 Å². The van der Waals surface area contributed by atoms with Crippen LogP contribution in [0.1, 0.15) is 41.3 Å². The second kappa shape index (κ2) is 6.67. The standard InChI is InChI=1S/C14H16BrN3O2/c1-2-11(16)14-18-12(8-20-14)13(19)17-7-9-5-3-4-6-10(9)15/h3-6,8,11H,2,7,16H2,1H3,(H,17,19). The summed E-state index contributed by atoms with van der Waals surface area (Å²) in [6.07, 6.45) is 2.04. The summed E-state index contributed by atoms with van der Waals surface area (Å²) in [5.74, 6) is 0.109. The Balaban J connectivity index is 1.99. The van der Waals surface area contributed by atoms with E-state index in [-0.39, 0.29) is 17.6 Å². The van der Waals surface area contributed by atoms with Gasteiger partial charge in [0.1, 0.15) is 6.26 Å². The first-order chi connectivity index (χ1) is 9.61. The minimum absolute atomic E-state index is 0.246. The predicted octanol–water partition coefficient (Wildman–Crippen LogP) is 2.78. The minimum atomic E-state index is -0.279. The lowest BCUT2D eigenvalue weighted by Gasteiger charge is -2.05. The quantitative estimate of drug-likeness (QED) is 0.878. The molecule has 0 spiro atoms. The van der Waals surface area contributed by atoms with Crippen LogP contribution in [0, 0.1) is 0 Å². The molecule has 0 saturated heterocycles. The fourth-order valence-electron chi connectivity index (χ4n) is 1.64. The van der Waals surface area contributed by atoms with Crippen molar-refractivity contribution in [1.29, 1.82) is 0 Å². The van der Waals surface area contributed by atoms with E-state index < -0.39 is 0 Å². The lowest BCUT2D eigenvalue weighted by molar-refractivity contribution is 0.0946. The first-order valence-corrected chi connectivity index (χ1v) is 7.13. The van der Waals surface area contributed by atoms with Crippen molar-refractivity contribution in [1.82, 2.24) is 10.3 Å². The topological polar surface area (TPSA) is 81.1 Å². The van der Waals surface area contributed by atoms with Gasteiger partial charge in [-0.05, 0) is 18.1 Å². The molecule has 1 amide bonds. The molecule has 0 saturated carbocycles. The molecule has 1 unspecified atom stereocenters. The third-order valence-corrected chi connectivity index (χ3v) is 3.68. The van der Waals surface area contributed by atoms with Gasteiger partial charge in [0.2, 0.25) is 5.89 Å². The smallest absolute Gasteiger partial charge is 0.273 e. The van der Waals surface area contributed by atoms with Crippen molar-refractivity contribution >= 4 is 21.8 Å². The highest BCUT2D eigenvalue weighted by molar-refractivity contribution is 9.10. The van der Waals surface area contributed by atoms with Gasteiger partial charge in [-0.15, -0.1) is 0 Å². The molecule has 0 bridgehead atoms. The zero-order chi connectivity index (χ0) is 14.5. The van der Waals surface area contributed by atoms with Crippen molar-refractivity contribution in [3.8, 4) is 0 Å². The lowest BCUT2D eigenvalue weighted by atomic mass is 10.2. The predicted molar refractivity (Wildman–Crippen MR) is 79.0 cm³/mol. The van der Waals surface area contributed by atoms with Gasteiger partial charge < -0.3 is 15.5 Å². The molecule has 0 aliphatic heterocycles. The minimum Gasteiger partial charge on any atom is -0.446 e. The highest BCUT2D eigenvalue weighted by Gasteiger charge is 2.15. The number of halogens is 1. The average molecular weight is 338 g/mol. The van der Waals surface area contributed by atoms with Crippen LogP contribution in [-0.2, 0) is 6.54 Å². The fourth-order valence-corrected chi connectivity index (χ4v) is 2.07. The number of rotatable bonds is 5. The van der Waals surface area contributed by atoms with Crippen LogP contribution in [0.4, 0.5) is 0 Å². The van der Waals surface area contributed by atoms with Crippen molar-refractivity contribution < 1.29 is 9.21 Å². The van der Waals surface area contributed by atoms with Crippen molar-refractivity contribution in [2.24, 2.45) is 5.73 Å². The molecule has 2 aromatic rings. The van der Waals surface area contributed by atoms with E-state index >= 15 is 0 Å². The van der Waals surface area contributed by atoms with E-state index in [2.05, 4.69) is 26.2 Å². The van der Waals surface area contributed by atoms with Crippen LogP contribution in [0.2, 0.25) is 0 Å². The summed E-state index contributed by atoms with van der Waals surface area (Å²) in [5.41, 5.74) is 7.04. The Morgan fingerprint density at radius 1 is 1.50 bits per heavy atom.